The van der Waals surface area contributed by atoms with Crippen molar-refractivity contribution in [2.45, 2.75) is 0 Å². The molecule has 2 rings (SSSR count). The Morgan fingerprint density at radius 3 is 2.89 bits per heavy atom. The zero-order valence-electron chi connectivity index (χ0n) is 9.42. The van der Waals surface area contributed by atoms with Crippen molar-refractivity contribution in [1.82, 2.24) is 9.97 Å². The molecule has 6 heteroatoms. The lowest BCUT2D eigenvalue weighted by Gasteiger charge is -2.09. The van der Waals surface area contributed by atoms with E-state index in [2.05, 4.69) is 9.97 Å². The van der Waals surface area contributed by atoms with Gasteiger partial charge in [0.1, 0.15) is 23.5 Å². The maximum absolute atomic E-state index is 13.3. The van der Waals surface area contributed by atoms with Crippen LogP contribution in [0.15, 0.2) is 30.7 Å². The van der Waals surface area contributed by atoms with E-state index in [-0.39, 0.29) is 16.8 Å². The maximum Gasteiger partial charge on any atom is 0.339 e. The molecule has 0 amide bonds. The van der Waals surface area contributed by atoms with Gasteiger partial charge in [-0.05, 0) is 18.2 Å². The fraction of sp³-hybridized carbons (Fsp3) is 0.0833. The number of rotatable bonds is 3. The minimum atomic E-state index is -1.18. The highest BCUT2D eigenvalue weighted by atomic mass is 19.1. The maximum atomic E-state index is 13.3. The molecular weight excluding hydrogens is 239 g/mol. The van der Waals surface area contributed by atoms with Crippen molar-refractivity contribution in [3.05, 3.63) is 42.1 Å². The molecule has 0 saturated heterocycles. The number of hydrogen-bond donors (Lipinski definition) is 1. The third-order valence-electron chi connectivity index (χ3n) is 2.36. The van der Waals surface area contributed by atoms with E-state index < -0.39 is 11.8 Å². The summed E-state index contributed by atoms with van der Waals surface area (Å²) in [4.78, 5) is 18.6. The summed E-state index contributed by atoms with van der Waals surface area (Å²) < 4.78 is 18.3. The molecule has 0 unspecified atom stereocenters. The highest BCUT2D eigenvalue weighted by Crippen LogP contribution is 2.31. The first-order valence-corrected chi connectivity index (χ1v) is 5.00. The fourth-order valence-corrected chi connectivity index (χ4v) is 1.57. The number of aromatic carboxylic acids is 1. The average molecular weight is 248 g/mol. The Morgan fingerprint density at radius 1 is 1.44 bits per heavy atom. The van der Waals surface area contributed by atoms with Gasteiger partial charge < -0.3 is 9.84 Å². The molecule has 0 aliphatic rings. The molecule has 1 aromatic carbocycles. The predicted octanol–water partition coefficient (Wildman–Crippen LogP) is 1.99. The molecule has 0 spiro atoms. The van der Waals surface area contributed by atoms with Gasteiger partial charge in [-0.1, -0.05) is 0 Å². The first-order valence-electron chi connectivity index (χ1n) is 5.00. The molecule has 92 valence electrons. The molecule has 0 fully saturated rings. The lowest BCUT2D eigenvalue weighted by Crippen LogP contribution is -2.03. The number of carboxylic acids is 1. The van der Waals surface area contributed by atoms with Crippen LogP contribution in [0.4, 0.5) is 4.39 Å². The summed E-state index contributed by atoms with van der Waals surface area (Å²) in [5.74, 6) is -1.34. The third-order valence-corrected chi connectivity index (χ3v) is 2.36. The van der Waals surface area contributed by atoms with E-state index >= 15 is 0 Å². The van der Waals surface area contributed by atoms with E-state index in [1.165, 1.54) is 31.6 Å². The molecule has 2 aromatic rings. The van der Waals surface area contributed by atoms with Gasteiger partial charge in [-0.25, -0.2) is 19.2 Å². The fourth-order valence-electron chi connectivity index (χ4n) is 1.57. The summed E-state index contributed by atoms with van der Waals surface area (Å²) in [6.45, 7) is 0. The van der Waals surface area contributed by atoms with Crippen LogP contribution in [0.2, 0.25) is 0 Å². The van der Waals surface area contributed by atoms with E-state index in [9.17, 15) is 9.18 Å². The number of hydrogen-bond acceptors (Lipinski definition) is 4. The van der Waals surface area contributed by atoms with Crippen molar-refractivity contribution < 1.29 is 19.0 Å². The number of ether oxygens (including phenoxy) is 1. The van der Waals surface area contributed by atoms with Crippen LogP contribution in [0, 0.1) is 5.82 Å². The minimum absolute atomic E-state index is 0.110. The number of methoxy groups -OCH3 is 1. The summed E-state index contributed by atoms with van der Waals surface area (Å²) in [6, 6.07) is 3.82. The molecular formula is C12H9FN2O3. The molecule has 5 nitrogen and oxygen atoms in total. The van der Waals surface area contributed by atoms with Gasteiger partial charge in [-0.2, -0.15) is 0 Å². The first-order chi connectivity index (χ1) is 8.63. The van der Waals surface area contributed by atoms with Crippen LogP contribution in [0.25, 0.3) is 11.3 Å². The smallest absolute Gasteiger partial charge is 0.339 e. The molecule has 1 heterocycles. The summed E-state index contributed by atoms with van der Waals surface area (Å²) in [6.07, 6.45) is 2.36. The molecule has 0 saturated carbocycles. The lowest BCUT2D eigenvalue weighted by molar-refractivity contribution is 0.0697. The van der Waals surface area contributed by atoms with Crippen molar-refractivity contribution in [3.8, 4) is 17.0 Å². The number of aromatic nitrogens is 2. The van der Waals surface area contributed by atoms with Crippen LogP contribution in [0.1, 0.15) is 10.4 Å². The number of benzene rings is 1. The molecule has 1 aromatic heterocycles. The zero-order valence-corrected chi connectivity index (χ0v) is 9.42. The Balaban J connectivity index is 2.68. The van der Waals surface area contributed by atoms with Crippen LogP contribution in [-0.2, 0) is 0 Å². The number of carboxylic acid groups (broad SMARTS) is 1. The van der Waals surface area contributed by atoms with E-state index in [1.54, 1.807) is 0 Å². The van der Waals surface area contributed by atoms with Gasteiger partial charge in [0.2, 0.25) is 0 Å². The Labute approximate surface area is 102 Å². The van der Waals surface area contributed by atoms with Gasteiger partial charge >= 0.3 is 5.97 Å². The van der Waals surface area contributed by atoms with Crippen LogP contribution < -0.4 is 4.74 Å². The summed E-state index contributed by atoms with van der Waals surface area (Å²) in [5.41, 5.74) is 0.285. The predicted molar refractivity (Wildman–Crippen MR) is 60.9 cm³/mol. The van der Waals surface area contributed by atoms with Crippen molar-refractivity contribution in [3.63, 3.8) is 0 Å². The van der Waals surface area contributed by atoms with Crippen LogP contribution in [0.3, 0.4) is 0 Å². The number of halogens is 1. The quantitative estimate of drug-likeness (QED) is 0.899. The van der Waals surface area contributed by atoms with Crippen LogP contribution in [-0.4, -0.2) is 28.2 Å². The standard InChI is InChI=1S/C12H9FN2O3/c1-18-10-3-2-7(13)4-8(10)11-9(12(16)17)5-14-6-15-11/h2-6H,1H3,(H,16,17). The normalized spacial score (nSPS) is 10.1. The number of nitrogens with zero attached hydrogens (tertiary/aromatic N) is 2. The van der Waals surface area contributed by atoms with E-state index in [0.717, 1.165) is 6.20 Å². The third kappa shape index (κ3) is 2.13. The molecule has 0 aliphatic heterocycles. The zero-order chi connectivity index (χ0) is 13.1. The number of carbonyl (C=O) groups is 1. The van der Waals surface area contributed by atoms with Crippen molar-refractivity contribution in [2.75, 3.05) is 7.11 Å². The van der Waals surface area contributed by atoms with E-state index in [1.807, 2.05) is 0 Å². The lowest BCUT2D eigenvalue weighted by atomic mass is 10.1. The van der Waals surface area contributed by atoms with Gasteiger partial charge in [-0.3, -0.25) is 0 Å². The van der Waals surface area contributed by atoms with Crippen molar-refractivity contribution in [2.24, 2.45) is 0 Å². The second-order valence-electron chi connectivity index (χ2n) is 3.43. The van der Waals surface area contributed by atoms with Gasteiger partial charge in [-0.15, -0.1) is 0 Å². The molecule has 0 radical (unpaired) electrons. The van der Waals surface area contributed by atoms with E-state index in [4.69, 9.17) is 9.84 Å². The monoisotopic (exact) mass is 248 g/mol. The highest BCUT2D eigenvalue weighted by molar-refractivity contribution is 5.95. The van der Waals surface area contributed by atoms with Gasteiger partial charge in [0.15, 0.2) is 0 Å². The second kappa shape index (κ2) is 4.79. The molecule has 1 N–H and O–H groups in total. The first kappa shape index (κ1) is 12.0. The van der Waals surface area contributed by atoms with Gasteiger partial charge in [0, 0.05) is 11.8 Å². The van der Waals surface area contributed by atoms with Crippen LogP contribution in [0.5, 0.6) is 5.75 Å². The summed E-state index contributed by atoms with van der Waals surface area (Å²) in [7, 11) is 1.42. The van der Waals surface area contributed by atoms with Gasteiger partial charge in [0.05, 0.1) is 12.8 Å². The summed E-state index contributed by atoms with van der Waals surface area (Å²) >= 11 is 0. The van der Waals surface area contributed by atoms with Gasteiger partial charge in [0.25, 0.3) is 0 Å². The second-order valence-corrected chi connectivity index (χ2v) is 3.43. The molecule has 0 atom stereocenters. The minimum Gasteiger partial charge on any atom is -0.496 e. The SMILES string of the molecule is COc1ccc(F)cc1-c1ncncc1C(=O)O. The van der Waals surface area contributed by atoms with E-state index in [0.29, 0.717) is 5.75 Å². The Hall–Kier alpha value is -2.50. The Bertz CT molecular complexity index is 602. The summed E-state index contributed by atoms with van der Waals surface area (Å²) in [5, 5.41) is 9.05. The largest absolute Gasteiger partial charge is 0.496 e. The Morgan fingerprint density at radius 2 is 2.22 bits per heavy atom. The van der Waals surface area contributed by atoms with Crippen molar-refractivity contribution in [1.29, 1.82) is 0 Å². The molecule has 18 heavy (non-hydrogen) atoms. The molecule has 0 aliphatic carbocycles. The Kier molecular flexibility index (Phi) is 3.18. The van der Waals surface area contributed by atoms with Crippen molar-refractivity contribution >= 4 is 5.97 Å². The highest BCUT2D eigenvalue weighted by Gasteiger charge is 2.17. The van der Waals surface area contributed by atoms with Crippen LogP contribution >= 0.6 is 0 Å². The topological polar surface area (TPSA) is 72.3 Å². The average Bonchev–Trinajstić information content (AvgIpc) is 2.38. The molecule has 0 bridgehead atoms.